The highest BCUT2D eigenvalue weighted by atomic mass is 16.3. The molecular weight excluding hydrogens is 272 g/mol. The van der Waals surface area contributed by atoms with Crippen molar-refractivity contribution in [3.05, 3.63) is 11.6 Å². The lowest BCUT2D eigenvalue weighted by molar-refractivity contribution is -0.132. The predicted molar refractivity (Wildman–Crippen MR) is 89.4 cm³/mol. The van der Waals surface area contributed by atoms with Gasteiger partial charge in [0.05, 0.1) is 5.60 Å². The third kappa shape index (κ3) is 2.21. The summed E-state index contributed by atoms with van der Waals surface area (Å²) in [5.41, 5.74) is 0.981. The topological polar surface area (TPSA) is 37.3 Å². The van der Waals surface area contributed by atoms with E-state index in [1.807, 2.05) is 0 Å². The van der Waals surface area contributed by atoms with Crippen LogP contribution in [-0.4, -0.2) is 17.0 Å². The molecule has 2 saturated carbocycles. The molecule has 2 fully saturated rings. The third-order valence-corrected chi connectivity index (χ3v) is 7.53. The van der Waals surface area contributed by atoms with E-state index in [0.29, 0.717) is 11.8 Å². The van der Waals surface area contributed by atoms with Crippen molar-refractivity contribution in [1.29, 1.82) is 0 Å². The number of aliphatic hydroxyl groups is 1. The van der Waals surface area contributed by atoms with Gasteiger partial charge in [-0.1, -0.05) is 45.8 Å². The van der Waals surface area contributed by atoms with Crippen LogP contribution >= 0.6 is 0 Å². The first-order valence-corrected chi connectivity index (χ1v) is 9.15. The Hall–Kier alpha value is -0.630. The standard InChI is InChI=1S/C20H32O2/c1-14(2)20(22)11-8-16-15(12-20)6-7-17-18(3,13-21)9-5-10-19(16,17)4/h12-14,16-17,22H,5-11H2,1-4H3/t16-,17-,18+,19+,20+/m0/s1. The van der Waals surface area contributed by atoms with Crippen molar-refractivity contribution >= 4 is 6.29 Å². The Morgan fingerprint density at radius 1 is 1.23 bits per heavy atom. The van der Waals surface area contributed by atoms with Crippen molar-refractivity contribution in [3.63, 3.8) is 0 Å². The molecule has 0 aromatic rings. The molecular formula is C20H32O2. The molecule has 3 aliphatic rings. The van der Waals surface area contributed by atoms with E-state index in [1.54, 1.807) is 0 Å². The number of fused-ring (bicyclic) bond motifs is 3. The van der Waals surface area contributed by atoms with Crippen molar-refractivity contribution in [2.24, 2.45) is 28.6 Å². The van der Waals surface area contributed by atoms with Crippen LogP contribution < -0.4 is 0 Å². The maximum absolute atomic E-state index is 11.8. The molecule has 0 saturated heterocycles. The Morgan fingerprint density at radius 2 is 1.95 bits per heavy atom. The van der Waals surface area contributed by atoms with Gasteiger partial charge in [-0.2, -0.15) is 0 Å². The lowest BCUT2D eigenvalue weighted by atomic mass is 9.45. The van der Waals surface area contributed by atoms with E-state index < -0.39 is 5.60 Å². The van der Waals surface area contributed by atoms with Crippen molar-refractivity contribution in [1.82, 2.24) is 0 Å². The Morgan fingerprint density at radius 3 is 2.59 bits per heavy atom. The van der Waals surface area contributed by atoms with Crippen LogP contribution in [0.25, 0.3) is 0 Å². The summed E-state index contributed by atoms with van der Waals surface area (Å²) < 4.78 is 0. The SMILES string of the molecule is CC(C)[C@]1(O)C=C2CC[C@@H]3[C@](C)(CCC[C@]3(C)C=O)[C@H]2CC1. The summed E-state index contributed by atoms with van der Waals surface area (Å²) in [5, 5.41) is 10.9. The second-order valence-electron chi connectivity index (χ2n) is 9.03. The molecule has 0 aliphatic heterocycles. The number of hydrogen-bond donors (Lipinski definition) is 1. The summed E-state index contributed by atoms with van der Waals surface area (Å²) in [7, 11) is 0. The summed E-state index contributed by atoms with van der Waals surface area (Å²) >= 11 is 0. The average molecular weight is 304 g/mol. The molecule has 5 atom stereocenters. The normalized spacial score (nSPS) is 48.4. The first-order valence-electron chi connectivity index (χ1n) is 9.15. The minimum Gasteiger partial charge on any atom is -0.386 e. The molecule has 3 aliphatic carbocycles. The van der Waals surface area contributed by atoms with Crippen molar-refractivity contribution in [2.75, 3.05) is 0 Å². The fraction of sp³-hybridized carbons (Fsp3) is 0.850. The fourth-order valence-electron chi connectivity index (χ4n) is 5.99. The highest BCUT2D eigenvalue weighted by molar-refractivity contribution is 5.60. The maximum atomic E-state index is 11.8. The van der Waals surface area contributed by atoms with E-state index in [1.165, 1.54) is 24.7 Å². The van der Waals surface area contributed by atoms with Gasteiger partial charge in [-0.3, -0.25) is 0 Å². The predicted octanol–water partition coefficient (Wildman–Crippen LogP) is 4.52. The molecule has 0 aromatic carbocycles. The van der Waals surface area contributed by atoms with Gasteiger partial charge in [-0.05, 0) is 61.7 Å². The molecule has 0 heterocycles. The molecule has 0 amide bonds. The molecule has 2 nitrogen and oxygen atoms in total. The fourth-order valence-corrected chi connectivity index (χ4v) is 5.99. The van der Waals surface area contributed by atoms with Crippen molar-refractivity contribution in [3.8, 4) is 0 Å². The number of rotatable bonds is 2. The van der Waals surface area contributed by atoms with Crippen LogP contribution in [-0.2, 0) is 4.79 Å². The second-order valence-corrected chi connectivity index (χ2v) is 9.03. The lowest BCUT2D eigenvalue weighted by Gasteiger charge is -2.59. The Labute approximate surface area is 135 Å². The van der Waals surface area contributed by atoms with Gasteiger partial charge in [0.25, 0.3) is 0 Å². The van der Waals surface area contributed by atoms with Crippen molar-refractivity contribution < 1.29 is 9.90 Å². The van der Waals surface area contributed by atoms with Gasteiger partial charge >= 0.3 is 0 Å². The van der Waals surface area contributed by atoms with Crippen LogP contribution in [0.4, 0.5) is 0 Å². The zero-order valence-corrected chi connectivity index (χ0v) is 14.7. The molecule has 0 radical (unpaired) electrons. The van der Waals surface area contributed by atoms with E-state index >= 15 is 0 Å². The quantitative estimate of drug-likeness (QED) is 0.602. The summed E-state index contributed by atoms with van der Waals surface area (Å²) in [6.07, 6.45) is 11.1. The average Bonchev–Trinajstić information content (AvgIpc) is 2.46. The first-order chi connectivity index (χ1) is 10.3. The van der Waals surface area contributed by atoms with Gasteiger partial charge < -0.3 is 9.90 Å². The van der Waals surface area contributed by atoms with Crippen molar-refractivity contribution in [2.45, 2.75) is 78.2 Å². The third-order valence-electron chi connectivity index (χ3n) is 7.53. The number of aldehydes is 1. The van der Waals surface area contributed by atoms with Gasteiger partial charge in [0.2, 0.25) is 0 Å². The maximum Gasteiger partial charge on any atom is 0.126 e. The summed E-state index contributed by atoms with van der Waals surface area (Å²) in [5.74, 6) is 1.36. The molecule has 0 spiro atoms. The number of allylic oxidation sites excluding steroid dienone is 1. The van der Waals surface area contributed by atoms with E-state index in [0.717, 1.165) is 32.1 Å². The molecule has 2 heteroatoms. The van der Waals surface area contributed by atoms with E-state index in [4.69, 9.17) is 0 Å². The van der Waals surface area contributed by atoms with Crippen LogP contribution in [0.3, 0.4) is 0 Å². The van der Waals surface area contributed by atoms with Gasteiger partial charge in [-0.15, -0.1) is 0 Å². The van der Waals surface area contributed by atoms with Crippen LogP contribution in [0.2, 0.25) is 0 Å². The van der Waals surface area contributed by atoms with E-state index in [2.05, 4.69) is 33.8 Å². The van der Waals surface area contributed by atoms with Crippen LogP contribution in [0.1, 0.15) is 72.6 Å². The summed E-state index contributed by atoms with van der Waals surface area (Å²) in [6.45, 7) is 8.85. The smallest absolute Gasteiger partial charge is 0.126 e. The minimum absolute atomic E-state index is 0.135. The highest BCUT2D eigenvalue weighted by Gasteiger charge is 2.56. The second kappa shape index (κ2) is 5.19. The van der Waals surface area contributed by atoms with Gasteiger partial charge in [0, 0.05) is 5.41 Å². The number of carbonyl (C=O) groups is 1. The monoisotopic (exact) mass is 304 g/mol. The minimum atomic E-state index is -0.613. The summed E-state index contributed by atoms with van der Waals surface area (Å²) in [4.78, 5) is 11.8. The summed E-state index contributed by atoms with van der Waals surface area (Å²) in [6, 6.07) is 0. The molecule has 22 heavy (non-hydrogen) atoms. The van der Waals surface area contributed by atoms with Gasteiger partial charge in [0.15, 0.2) is 0 Å². The lowest BCUT2D eigenvalue weighted by Crippen LogP contribution is -2.53. The zero-order valence-electron chi connectivity index (χ0n) is 14.7. The molecule has 0 bridgehead atoms. The van der Waals surface area contributed by atoms with Crippen LogP contribution in [0.5, 0.6) is 0 Å². The van der Waals surface area contributed by atoms with Gasteiger partial charge in [-0.25, -0.2) is 0 Å². The molecule has 1 N–H and O–H groups in total. The van der Waals surface area contributed by atoms with Gasteiger partial charge in [0.1, 0.15) is 6.29 Å². The molecule has 3 rings (SSSR count). The van der Waals surface area contributed by atoms with Crippen LogP contribution in [0, 0.1) is 28.6 Å². The van der Waals surface area contributed by atoms with E-state index in [9.17, 15) is 9.90 Å². The molecule has 0 aromatic heterocycles. The Bertz CT molecular complexity index is 494. The first kappa shape index (κ1) is 16.2. The largest absolute Gasteiger partial charge is 0.386 e. The highest BCUT2D eigenvalue weighted by Crippen LogP contribution is 2.63. The van der Waals surface area contributed by atoms with Crippen LogP contribution in [0.15, 0.2) is 11.6 Å². The Kier molecular flexibility index (Phi) is 3.83. The number of hydrogen-bond acceptors (Lipinski definition) is 2. The van der Waals surface area contributed by atoms with E-state index in [-0.39, 0.29) is 16.7 Å². The zero-order chi connectivity index (χ0) is 16.2. The Balaban J connectivity index is 1.96. The molecule has 124 valence electrons. The molecule has 0 unspecified atom stereocenters. The number of carbonyl (C=O) groups excluding carboxylic acids is 1.